The molecule has 4 aromatic rings. The monoisotopic (exact) mass is 345 g/mol. The number of nitrogen functional groups attached to an aromatic ring is 1. The third kappa shape index (κ3) is 2.93. The van der Waals surface area contributed by atoms with Crippen molar-refractivity contribution in [2.75, 3.05) is 5.73 Å². The molecule has 0 spiro atoms. The first-order chi connectivity index (χ1) is 12.6. The van der Waals surface area contributed by atoms with E-state index in [9.17, 15) is 4.39 Å². The number of halogens is 1. The van der Waals surface area contributed by atoms with Crippen LogP contribution in [0.4, 0.5) is 10.2 Å². The van der Waals surface area contributed by atoms with Crippen molar-refractivity contribution in [3.63, 3.8) is 0 Å². The molecule has 0 aliphatic carbocycles. The number of rotatable bonds is 3. The van der Waals surface area contributed by atoms with E-state index in [2.05, 4.69) is 15.0 Å². The van der Waals surface area contributed by atoms with Gasteiger partial charge in [-0.15, -0.1) is 0 Å². The van der Waals surface area contributed by atoms with E-state index in [4.69, 9.17) is 10.7 Å². The molecule has 0 fully saturated rings. The summed E-state index contributed by atoms with van der Waals surface area (Å²) < 4.78 is 13.2. The van der Waals surface area contributed by atoms with Gasteiger partial charge in [0.05, 0.1) is 11.4 Å². The van der Waals surface area contributed by atoms with Crippen LogP contribution in [0.5, 0.6) is 0 Å². The van der Waals surface area contributed by atoms with E-state index < -0.39 is 0 Å². The quantitative estimate of drug-likeness (QED) is 0.582. The Hall–Kier alpha value is -3.54. The van der Waals surface area contributed by atoms with Crippen molar-refractivity contribution < 1.29 is 4.39 Å². The van der Waals surface area contributed by atoms with Gasteiger partial charge in [-0.2, -0.15) is 0 Å². The number of hydrogen-bond acceptors (Lipinski definition) is 4. The average Bonchev–Trinajstić information content (AvgIpc) is 3.11. The van der Waals surface area contributed by atoms with Gasteiger partial charge in [0.2, 0.25) is 0 Å². The number of aryl methyl sites for hydroxylation is 1. The molecule has 3 heterocycles. The van der Waals surface area contributed by atoms with Gasteiger partial charge in [0.15, 0.2) is 0 Å². The molecule has 5 nitrogen and oxygen atoms in total. The fourth-order valence-electron chi connectivity index (χ4n) is 2.77. The lowest BCUT2D eigenvalue weighted by Crippen LogP contribution is -1.94. The minimum atomic E-state index is -0.284. The van der Waals surface area contributed by atoms with Gasteiger partial charge in [-0.25, -0.2) is 14.4 Å². The van der Waals surface area contributed by atoms with E-state index in [0.717, 1.165) is 33.6 Å². The average molecular weight is 345 g/mol. The predicted octanol–water partition coefficient (Wildman–Crippen LogP) is 4.23. The number of nitrogens with two attached hydrogens (primary N) is 1. The predicted molar refractivity (Wildman–Crippen MR) is 99.6 cm³/mol. The number of pyridine rings is 2. The van der Waals surface area contributed by atoms with Crippen LogP contribution in [0.1, 0.15) is 5.56 Å². The van der Waals surface area contributed by atoms with Gasteiger partial charge in [-0.3, -0.25) is 4.98 Å². The third-order valence-electron chi connectivity index (χ3n) is 4.18. The van der Waals surface area contributed by atoms with Gasteiger partial charge >= 0.3 is 0 Å². The molecule has 0 radical (unpaired) electrons. The minimum absolute atomic E-state index is 0.284. The van der Waals surface area contributed by atoms with E-state index >= 15 is 0 Å². The number of anilines is 1. The molecule has 128 valence electrons. The largest absolute Gasteiger partial charge is 0.383 e. The van der Waals surface area contributed by atoms with Crippen LogP contribution in [0.15, 0.2) is 61.1 Å². The summed E-state index contributed by atoms with van der Waals surface area (Å²) in [7, 11) is 0. The number of hydrogen-bond donors (Lipinski definition) is 2. The van der Waals surface area contributed by atoms with Gasteiger partial charge in [0.25, 0.3) is 0 Å². The number of H-pyrrole nitrogens is 1. The molecule has 3 N–H and O–H groups in total. The van der Waals surface area contributed by atoms with Crippen LogP contribution in [0.3, 0.4) is 0 Å². The molecule has 0 amide bonds. The normalized spacial score (nSPS) is 10.8. The van der Waals surface area contributed by atoms with Gasteiger partial charge < -0.3 is 10.7 Å². The molecule has 0 aliphatic heterocycles. The Morgan fingerprint density at radius 3 is 2.38 bits per heavy atom. The van der Waals surface area contributed by atoms with Crippen LogP contribution in [0.2, 0.25) is 0 Å². The molecule has 6 heteroatoms. The van der Waals surface area contributed by atoms with Gasteiger partial charge in [0.1, 0.15) is 17.5 Å². The first-order valence-corrected chi connectivity index (χ1v) is 8.10. The molecule has 26 heavy (non-hydrogen) atoms. The lowest BCUT2D eigenvalue weighted by molar-refractivity contribution is 0.628. The fraction of sp³-hybridized carbons (Fsp3) is 0.0500. The zero-order valence-corrected chi connectivity index (χ0v) is 14.1. The van der Waals surface area contributed by atoms with Crippen LogP contribution in [0, 0.1) is 12.7 Å². The molecule has 1 aromatic carbocycles. The first kappa shape index (κ1) is 16.0. The lowest BCUT2D eigenvalue weighted by Gasteiger charge is -2.05. The first-order valence-electron chi connectivity index (χ1n) is 8.10. The van der Waals surface area contributed by atoms with Crippen LogP contribution in [-0.2, 0) is 0 Å². The maximum absolute atomic E-state index is 13.2. The van der Waals surface area contributed by atoms with E-state index in [0.29, 0.717) is 11.6 Å². The number of imidazole rings is 1. The van der Waals surface area contributed by atoms with E-state index in [1.807, 2.05) is 25.1 Å². The highest BCUT2D eigenvalue weighted by Gasteiger charge is 2.16. The number of nitrogens with zero attached hydrogens (tertiary/aromatic N) is 3. The summed E-state index contributed by atoms with van der Waals surface area (Å²) >= 11 is 0. The molecule has 0 bridgehead atoms. The Kier molecular flexibility index (Phi) is 3.93. The Bertz CT molecular complexity index is 1060. The molecule has 0 saturated heterocycles. The summed E-state index contributed by atoms with van der Waals surface area (Å²) in [5.41, 5.74) is 10.9. The van der Waals surface area contributed by atoms with Crippen molar-refractivity contribution in [2.45, 2.75) is 6.92 Å². The Labute approximate surface area is 149 Å². The molecule has 0 saturated carbocycles. The van der Waals surface area contributed by atoms with Gasteiger partial charge in [-0.1, -0.05) is 0 Å². The molecule has 3 aromatic heterocycles. The van der Waals surface area contributed by atoms with Crippen molar-refractivity contribution in [3.05, 3.63) is 72.4 Å². The topological polar surface area (TPSA) is 80.5 Å². The zero-order chi connectivity index (χ0) is 18.1. The second kappa shape index (κ2) is 6.40. The lowest BCUT2D eigenvalue weighted by atomic mass is 10.1. The molecule has 4 rings (SSSR count). The standard InChI is InChI=1S/C20H16FN5/c1-12-10-15(11-24-19(12)22)18-17(13-6-8-23-9-7-13)25-20(26-18)14-2-4-16(21)5-3-14/h2-11H,1H3,(H2,22,24)(H,25,26). The summed E-state index contributed by atoms with van der Waals surface area (Å²) in [6, 6.07) is 12.0. The maximum atomic E-state index is 13.2. The van der Waals surface area contributed by atoms with Crippen molar-refractivity contribution in [1.29, 1.82) is 0 Å². The highest BCUT2D eigenvalue weighted by atomic mass is 19.1. The molecule has 0 aliphatic rings. The summed E-state index contributed by atoms with van der Waals surface area (Å²) in [5.74, 6) is 0.864. The second-order valence-electron chi connectivity index (χ2n) is 5.98. The van der Waals surface area contributed by atoms with E-state index in [-0.39, 0.29) is 5.82 Å². The molecular weight excluding hydrogens is 329 g/mol. The zero-order valence-electron chi connectivity index (χ0n) is 14.1. The number of aromatic amines is 1. The number of aromatic nitrogens is 4. The summed E-state index contributed by atoms with van der Waals surface area (Å²) in [6.45, 7) is 1.91. The van der Waals surface area contributed by atoms with E-state index in [1.54, 1.807) is 30.7 Å². The second-order valence-corrected chi connectivity index (χ2v) is 5.98. The highest BCUT2D eigenvalue weighted by molar-refractivity contribution is 5.81. The van der Waals surface area contributed by atoms with Crippen molar-refractivity contribution in [1.82, 2.24) is 19.9 Å². The molecular formula is C20H16FN5. The Balaban J connectivity index is 1.90. The minimum Gasteiger partial charge on any atom is -0.383 e. The Morgan fingerprint density at radius 1 is 0.962 bits per heavy atom. The maximum Gasteiger partial charge on any atom is 0.138 e. The fourth-order valence-corrected chi connectivity index (χ4v) is 2.77. The number of nitrogens with one attached hydrogen (secondary N) is 1. The number of benzene rings is 1. The van der Waals surface area contributed by atoms with Crippen LogP contribution < -0.4 is 5.73 Å². The smallest absolute Gasteiger partial charge is 0.138 e. The summed E-state index contributed by atoms with van der Waals surface area (Å²) in [4.78, 5) is 16.4. The van der Waals surface area contributed by atoms with Crippen LogP contribution in [0.25, 0.3) is 33.9 Å². The Morgan fingerprint density at radius 2 is 1.69 bits per heavy atom. The molecule has 0 unspecified atom stereocenters. The van der Waals surface area contributed by atoms with Crippen molar-refractivity contribution >= 4 is 5.82 Å². The van der Waals surface area contributed by atoms with Crippen molar-refractivity contribution in [3.8, 4) is 33.9 Å². The van der Waals surface area contributed by atoms with Gasteiger partial charge in [-0.05, 0) is 55.0 Å². The summed E-state index contributed by atoms with van der Waals surface area (Å²) in [6.07, 6.45) is 5.16. The summed E-state index contributed by atoms with van der Waals surface area (Å²) in [5, 5.41) is 0. The van der Waals surface area contributed by atoms with Crippen LogP contribution in [-0.4, -0.2) is 19.9 Å². The molecule has 0 atom stereocenters. The van der Waals surface area contributed by atoms with E-state index in [1.165, 1.54) is 12.1 Å². The van der Waals surface area contributed by atoms with Crippen LogP contribution >= 0.6 is 0 Å². The highest BCUT2D eigenvalue weighted by Crippen LogP contribution is 2.33. The third-order valence-corrected chi connectivity index (χ3v) is 4.18. The van der Waals surface area contributed by atoms with Crippen molar-refractivity contribution in [2.24, 2.45) is 0 Å². The SMILES string of the molecule is Cc1cc(-c2nc(-c3ccc(F)cc3)[nH]c2-c2ccncc2)cnc1N. The van der Waals surface area contributed by atoms with Gasteiger partial charge in [0, 0.05) is 35.3 Å².